The van der Waals surface area contributed by atoms with E-state index in [2.05, 4.69) is 0 Å². The van der Waals surface area contributed by atoms with Crippen molar-refractivity contribution in [2.75, 3.05) is 26.3 Å². The van der Waals surface area contributed by atoms with Crippen molar-refractivity contribution in [3.05, 3.63) is 35.4 Å². The van der Waals surface area contributed by atoms with Gasteiger partial charge in [0, 0.05) is 37.9 Å². The molecule has 150 valence electrons. The van der Waals surface area contributed by atoms with Crippen LogP contribution in [0.1, 0.15) is 49.0 Å². The lowest BCUT2D eigenvalue weighted by atomic mass is 9.95. The van der Waals surface area contributed by atoms with Crippen molar-refractivity contribution in [2.45, 2.75) is 39.2 Å². The van der Waals surface area contributed by atoms with Gasteiger partial charge in [-0.2, -0.15) is 5.26 Å². The minimum atomic E-state index is -0.418. The zero-order valence-corrected chi connectivity index (χ0v) is 16.3. The van der Waals surface area contributed by atoms with Crippen LogP contribution in [0.5, 0.6) is 0 Å². The molecule has 2 rings (SSSR count). The van der Waals surface area contributed by atoms with Crippen LogP contribution in [0.3, 0.4) is 0 Å². The number of hydrogen-bond donors (Lipinski definition) is 0. The summed E-state index contributed by atoms with van der Waals surface area (Å²) in [6, 6.07) is 8.48. The van der Waals surface area contributed by atoms with Gasteiger partial charge in [0.25, 0.3) is 0 Å². The Labute approximate surface area is 165 Å². The summed E-state index contributed by atoms with van der Waals surface area (Å²) < 4.78 is 10.5. The molecule has 1 unspecified atom stereocenters. The number of ketones is 1. The van der Waals surface area contributed by atoms with E-state index in [0.717, 1.165) is 12.8 Å². The molecule has 1 aliphatic heterocycles. The van der Waals surface area contributed by atoms with Crippen LogP contribution in [0.15, 0.2) is 24.3 Å². The van der Waals surface area contributed by atoms with Gasteiger partial charge in [0.05, 0.1) is 24.3 Å². The molecular weight excluding hydrogens is 360 g/mol. The van der Waals surface area contributed by atoms with Crippen LogP contribution in [-0.2, 0) is 19.1 Å². The van der Waals surface area contributed by atoms with Crippen LogP contribution < -0.4 is 0 Å². The van der Waals surface area contributed by atoms with Crippen LogP contribution in [0.2, 0.25) is 0 Å². The van der Waals surface area contributed by atoms with E-state index in [0.29, 0.717) is 30.8 Å². The van der Waals surface area contributed by atoms with Gasteiger partial charge in [-0.25, -0.2) is 0 Å². The first-order valence-electron chi connectivity index (χ1n) is 9.47. The predicted molar refractivity (Wildman–Crippen MR) is 101 cm³/mol. The first-order chi connectivity index (χ1) is 13.4. The molecule has 7 heteroatoms. The highest BCUT2D eigenvalue weighted by Crippen LogP contribution is 2.18. The normalized spacial score (nSPS) is 15.5. The molecule has 1 heterocycles. The van der Waals surface area contributed by atoms with Gasteiger partial charge in [-0.1, -0.05) is 19.1 Å². The van der Waals surface area contributed by atoms with Crippen molar-refractivity contribution in [3.63, 3.8) is 0 Å². The van der Waals surface area contributed by atoms with Gasteiger partial charge in [-0.3, -0.25) is 14.4 Å². The lowest BCUT2D eigenvalue weighted by Gasteiger charge is -2.32. The second kappa shape index (κ2) is 10.6. The first kappa shape index (κ1) is 21.6. The number of nitriles is 1. The fourth-order valence-electron chi connectivity index (χ4n) is 3.15. The third kappa shape index (κ3) is 6.46. The molecule has 1 amide bonds. The topological polar surface area (TPSA) is 96.7 Å². The van der Waals surface area contributed by atoms with Crippen molar-refractivity contribution in [1.29, 1.82) is 5.26 Å². The first-order valence-corrected chi connectivity index (χ1v) is 9.47. The van der Waals surface area contributed by atoms with Gasteiger partial charge < -0.3 is 14.4 Å². The summed E-state index contributed by atoms with van der Waals surface area (Å²) in [7, 11) is 0. The number of carbonyl (C=O) groups excluding carboxylic acids is 3. The van der Waals surface area contributed by atoms with E-state index in [9.17, 15) is 14.4 Å². The van der Waals surface area contributed by atoms with Crippen molar-refractivity contribution in [2.24, 2.45) is 5.92 Å². The maximum Gasteiger partial charge on any atom is 0.302 e. The zero-order valence-electron chi connectivity index (χ0n) is 16.3. The Kier molecular flexibility index (Phi) is 8.15. The number of carbonyl (C=O) groups is 3. The summed E-state index contributed by atoms with van der Waals surface area (Å²) >= 11 is 0. The summed E-state index contributed by atoms with van der Waals surface area (Å²) in [6.07, 6.45) is 1.67. The van der Waals surface area contributed by atoms with E-state index < -0.39 is 5.92 Å². The summed E-state index contributed by atoms with van der Waals surface area (Å²) in [6.45, 7) is 4.89. The highest BCUT2D eigenvalue weighted by Gasteiger charge is 2.26. The van der Waals surface area contributed by atoms with Crippen LogP contribution in [0, 0.1) is 17.2 Å². The maximum atomic E-state index is 12.5. The molecule has 1 fully saturated rings. The fourth-order valence-corrected chi connectivity index (χ4v) is 3.15. The highest BCUT2D eigenvalue weighted by atomic mass is 16.6. The number of Topliss-reactive ketones (excluding diaryl/α,β-unsaturated/α-hetero) is 1. The number of ether oxygens (including phenoxy) is 2. The minimum absolute atomic E-state index is 0.0344. The third-order valence-corrected chi connectivity index (χ3v) is 4.76. The molecule has 1 aromatic carbocycles. The zero-order chi connectivity index (χ0) is 20.5. The maximum absolute atomic E-state index is 12.5. The summed E-state index contributed by atoms with van der Waals surface area (Å²) in [5, 5.41) is 8.83. The molecular formula is C21H26N2O5. The van der Waals surface area contributed by atoms with Gasteiger partial charge >= 0.3 is 5.97 Å². The van der Waals surface area contributed by atoms with Crippen molar-refractivity contribution >= 4 is 17.7 Å². The van der Waals surface area contributed by atoms with Gasteiger partial charge in [0.2, 0.25) is 5.91 Å². The van der Waals surface area contributed by atoms with Crippen molar-refractivity contribution < 1.29 is 23.9 Å². The average Bonchev–Trinajstić information content (AvgIpc) is 2.71. The van der Waals surface area contributed by atoms with Gasteiger partial charge in [0.1, 0.15) is 6.61 Å². The molecule has 0 saturated carbocycles. The molecule has 1 saturated heterocycles. The molecule has 1 atom stereocenters. The quantitative estimate of drug-likeness (QED) is 0.386. The Morgan fingerprint density at radius 3 is 2.39 bits per heavy atom. The number of likely N-dealkylation sites (tertiary alicyclic amines) is 1. The van der Waals surface area contributed by atoms with E-state index >= 15 is 0 Å². The highest BCUT2D eigenvalue weighted by molar-refractivity contribution is 5.99. The SMILES string of the molecule is CC(=O)OCCOC1CCN(C(=O)CC(C)C(=O)c2ccc(C#N)cc2)CC1. The molecule has 0 N–H and O–H groups in total. The van der Waals surface area contributed by atoms with E-state index in [-0.39, 0.29) is 36.8 Å². The molecule has 1 aliphatic rings. The van der Waals surface area contributed by atoms with Crippen LogP contribution in [0.4, 0.5) is 0 Å². The number of benzene rings is 1. The summed E-state index contributed by atoms with van der Waals surface area (Å²) in [4.78, 5) is 37.5. The summed E-state index contributed by atoms with van der Waals surface area (Å²) in [5.74, 6) is -0.874. The number of piperidine rings is 1. The lowest BCUT2D eigenvalue weighted by molar-refractivity contribution is -0.144. The Morgan fingerprint density at radius 2 is 1.82 bits per heavy atom. The molecule has 0 spiro atoms. The average molecular weight is 386 g/mol. The molecule has 0 aromatic heterocycles. The van der Waals surface area contributed by atoms with E-state index in [4.69, 9.17) is 14.7 Å². The van der Waals surface area contributed by atoms with E-state index in [1.807, 2.05) is 6.07 Å². The number of esters is 1. The standard InChI is InChI=1S/C21H26N2O5/c1-15(21(26)18-5-3-17(14-22)4-6-18)13-20(25)23-9-7-19(8-10-23)28-12-11-27-16(2)24/h3-6,15,19H,7-13H2,1-2H3. The third-order valence-electron chi connectivity index (χ3n) is 4.76. The Bertz CT molecular complexity index is 730. The predicted octanol–water partition coefficient (Wildman–Crippen LogP) is 2.34. The molecule has 0 bridgehead atoms. The minimum Gasteiger partial charge on any atom is -0.463 e. The Hall–Kier alpha value is -2.72. The number of rotatable bonds is 8. The Balaban J connectivity index is 1.74. The Morgan fingerprint density at radius 1 is 1.18 bits per heavy atom. The molecule has 1 aromatic rings. The smallest absolute Gasteiger partial charge is 0.302 e. The second-order valence-electron chi connectivity index (χ2n) is 6.95. The van der Waals surface area contributed by atoms with Crippen molar-refractivity contribution in [3.8, 4) is 6.07 Å². The number of amides is 1. The fraction of sp³-hybridized carbons (Fsp3) is 0.524. The second-order valence-corrected chi connectivity index (χ2v) is 6.95. The van der Waals surface area contributed by atoms with Crippen LogP contribution in [-0.4, -0.2) is 55.0 Å². The summed E-state index contributed by atoms with van der Waals surface area (Å²) in [5.41, 5.74) is 1.01. The van der Waals surface area contributed by atoms with Crippen LogP contribution >= 0.6 is 0 Å². The van der Waals surface area contributed by atoms with Gasteiger partial charge in [0.15, 0.2) is 5.78 Å². The lowest BCUT2D eigenvalue weighted by Crippen LogP contribution is -2.42. The number of hydrogen-bond acceptors (Lipinski definition) is 6. The molecule has 0 aliphatic carbocycles. The molecule has 0 radical (unpaired) electrons. The largest absolute Gasteiger partial charge is 0.463 e. The molecule has 7 nitrogen and oxygen atoms in total. The van der Waals surface area contributed by atoms with Gasteiger partial charge in [-0.05, 0) is 25.0 Å². The van der Waals surface area contributed by atoms with Crippen molar-refractivity contribution in [1.82, 2.24) is 4.90 Å². The van der Waals surface area contributed by atoms with E-state index in [1.54, 1.807) is 36.1 Å². The van der Waals surface area contributed by atoms with Crippen LogP contribution in [0.25, 0.3) is 0 Å². The van der Waals surface area contributed by atoms with E-state index in [1.165, 1.54) is 6.92 Å². The molecule has 28 heavy (non-hydrogen) atoms. The number of nitrogens with zero attached hydrogens (tertiary/aromatic N) is 2. The monoisotopic (exact) mass is 386 g/mol. The van der Waals surface area contributed by atoms with Gasteiger partial charge in [-0.15, -0.1) is 0 Å².